The van der Waals surface area contributed by atoms with Crippen LogP contribution in [0.15, 0.2) is 65.8 Å². The number of pyridine rings is 1. The third kappa shape index (κ3) is 4.65. The first-order valence-electron chi connectivity index (χ1n) is 12.5. The van der Waals surface area contributed by atoms with E-state index in [9.17, 15) is 14.7 Å². The van der Waals surface area contributed by atoms with Crippen molar-refractivity contribution >= 4 is 5.97 Å². The lowest BCUT2D eigenvalue weighted by atomic mass is 10.0. The number of aromatic amines is 1. The fourth-order valence-electron chi connectivity index (χ4n) is 4.61. The number of H-pyrrole nitrogens is 1. The molecule has 1 aromatic carbocycles. The van der Waals surface area contributed by atoms with Crippen LogP contribution in [0.2, 0.25) is 0 Å². The molecule has 0 radical (unpaired) electrons. The molecule has 11 heteroatoms. The normalized spacial score (nSPS) is 11.2. The van der Waals surface area contributed by atoms with Crippen molar-refractivity contribution in [2.24, 2.45) is 0 Å². The average molecular weight is 513 g/mol. The lowest BCUT2D eigenvalue weighted by Crippen LogP contribution is -2.27. The van der Waals surface area contributed by atoms with Gasteiger partial charge in [-0.25, -0.2) is 14.7 Å². The number of carbonyl (C=O) groups is 1. The SMILES string of the molecule is CCCCc1cn(-c2c(C(=O)O)ccn2CC)c(=O)n1Cc1ccc(-c2ccccc2-c2nnn[nH]2)cn1. The summed E-state index contributed by atoms with van der Waals surface area (Å²) in [5.41, 5.74) is 4.04. The van der Waals surface area contributed by atoms with Crippen molar-refractivity contribution < 1.29 is 9.90 Å². The predicted molar refractivity (Wildman–Crippen MR) is 141 cm³/mol. The third-order valence-electron chi connectivity index (χ3n) is 6.57. The number of nitrogens with zero attached hydrogens (tertiary/aromatic N) is 7. The van der Waals surface area contributed by atoms with Crippen LogP contribution in [0.1, 0.15) is 48.4 Å². The Labute approximate surface area is 218 Å². The highest BCUT2D eigenvalue weighted by molar-refractivity contribution is 5.91. The van der Waals surface area contributed by atoms with E-state index in [0.717, 1.165) is 40.9 Å². The zero-order valence-corrected chi connectivity index (χ0v) is 21.2. The zero-order chi connectivity index (χ0) is 26.6. The summed E-state index contributed by atoms with van der Waals surface area (Å²) >= 11 is 0. The van der Waals surface area contributed by atoms with Crippen molar-refractivity contribution in [1.82, 2.24) is 39.3 Å². The van der Waals surface area contributed by atoms with E-state index in [4.69, 9.17) is 0 Å². The van der Waals surface area contributed by atoms with Gasteiger partial charge >= 0.3 is 11.7 Å². The summed E-state index contributed by atoms with van der Waals surface area (Å²) < 4.78 is 4.91. The molecular weight excluding hydrogens is 484 g/mol. The number of aromatic carboxylic acids is 1. The maximum Gasteiger partial charge on any atom is 0.339 e. The topological polar surface area (TPSA) is 137 Å². The Bertz CT molecular complexity index is 1610. The third-order valence-corrected chi connectivity index (χ3v) is 6.57. The van der Waals surface area contributed by atoms with Gasteiger partial charge in [-0.1, -0.05) is 43.7 Å². The summed E-state index contributed by atoms with van der Waals surface area (Å²) in [6.45, 7) is 4.82. The van der Waals surface area contributed by atoms with Gasteiger partial charge in [0.25, 0.3) is 0 Å². The number of rotatable bonds is 10. The van der Waals surface area contributed by atoms with E-state index in [1.165, 1.54) is 10.6 Å². The molecule has 194 valence electrons. The molecule has 0 unspecified atom stereocenters. The lowest BCUT2D eigenvalue weighted by molar-refractivity contribution is 0.0697. The second kappa shape index (κ2) is 10.7. The van der Waals surface area contributed by atoms with Crippen molar-refractivity contribution in [3.63, 3.8) is 0 Å². The Hall–Kier alpha value is -4.80. The van der Waals surface area contributed by atoms with Gasteiger partial charge in [0.1, 0.15) is 11.4 Å². The second-order valence-electron chi connectivity index (χ2n) is 8.94. The van der Waals surface area contributed by atoms with E-state index >= 15 is 0 Å². The van der Waals surface area contributed by atoms with Crippen LogP contribution in [0, 0.1) is 0 Å². The summed E-state index contributed by atoms with van der Waals surface area (Å²) in [7, 11) is 0. The van der Waals surface area contributed by atoms with Gasteiger partial charge in [0.15, 0.2) is 5.82 Å². The summed E-state index contributed by atoms with van der Waals surface area (Å²) in [6, 6.07) is 13.2. The van der Waals surface area contributed by atoms with Crippen LogP contribution in [-0.2, 0) is 19.5 Å². The largest absolute Gasteiger partial charge is 0.478 e. The molecule has 5 rings (SSSR count). The van der Waals surface area contributed by atoms with E-state index in [1.54, 1.807) is 27.7 Å². The minimum atomic E-state index is -1.07. The molecule has 0 aliphatic carbocycles. The number of tetrazole rings is 1. The molecule has 0 saturated heterocycles. The molecule has 4 heterocycles. The summed E-state index contributed by atoms with van der Waals surface area (Å²) in [4.78, 5) is 30.2. The molecule has 0 fully saturated rings. The van der Waals surface area contributed by atoms with E-state index in [2.05, 4.69) is 32.5 Å². The quantitative estimate of drug-likeness (QED) is 0.290. The van der Waals surface area contributed by atoms with Crippen LogP contribution in [0.5, 0.6) is 0 Å². The van der Waals surface area contributed by atoms with Gasteiger partial charge in [0, 0.05) is 42.0 Å². The highest BCUT2D eigenvalue weighted by Crippen LogP contribution is 2.29. The number of unbranched alkanes of at least 4 members (excludes halogenated alkanes) is 1. The lowest BCUT2D eigenvalue weighted by Gasteiger charge is -2.10. The highest BCUT2D eigenvalue weighted by Gasteiger charge is 2.21. The maximum absolute atomic E-state index is 13.6. The molecular formula is C27H28N8O3. The summed E-state index contributed by atoms with van der Waals surface area (Å²) in [6.07, 6.45) is 7.81. The molecule has 0 atom stereocenters. The van der Waals surface area contributed by atoms with Crippen molar-refractivity contribution in [3.05, 3.63) is 88.5 Å². The Morgan fingerprint density at radius 3 is 2.55 bits per heavy atom. The van der Waals surface area contributed by atoms with Gasteiger partial charge in [0.2, 0.25) is 0 Å². The number of imidazole rings is 1. The van der Waals surface area contributed by atoms with Crippen LogP contribution >= 0.6 is 0 Å². The molecule has 0 aliphatic heterocycles. The standard InChI is InChI=1S/C27H28N8O3/c1-3-5-8-20-17-35(25-23(26(36)37)13-14-33(25)4-2)27(38)34(20)16-19-12-11-18(15-28-19)21-9-6-7-10-22(21)24-29-31-32-30-24/h6-7,9-15,17H,3-5,8,16H2,1-2H3,(H,36,37)(H,29,30,31,32). The van der Waals surface area contributed by atoms with Gasteiger partial charge in [-0.05, 0) is 47.9 Å². The molecule has 0 bridgehead atoms. The number of carboxylic acid groups (broad SMARTS) is 1. The number of nitrogens with one attached hydrogen (secondary N) is 1. The van der Waals surface area contributed by atoms with Crippen LogP contribution < -0.4 is 5.69 Å². The van der Waals surface area contributed by atoms with Crippen molar-refractivity contribution in [2.75, 3.05) is 0 Å². The van der Waals surface area contributed by atoms with Gasteiger partial charge in [-0.15, -0.1) is 5.10 Å². The van der Waals surface area contributed by atoms with Crippen LogP contribution in [0.3, 0.4) is 0 Å². The molecule has 11 nitrogen and oxygen atoms in total. The molecule has 0 spiro atoms. The predicted octanol–water partition coefficient (Wildman–Crippen LogP) is 3.79. The van der Waals surface area contributed by atoms with Crippen LogP contribution in [-0.4, -0.2) is 50.4 Å². The van der Waals surface area contributed by atoms with E-state index in [1.807, 2.05) is 43.3 Å². The molecule has 38 heavy (non-hydrogen) atoms. The van der Waals surface area contributed by atoms with E-state index in [0.29, 0.717) is 24.6 Å². The summed E-state index contributed by atoms with van der Waals surface area (Å²) in [5.74, 6) is -0.139. The van der Waals surface area contributed by atoms with Crippen LogP contribution in [0.25, 0.3) is 28.3 Å². The Morgan fingerprint density at radius 2 is 1.89 bits per heavy atom. The van der Waals surface area contributed by atoms with E-state index in [-0.39, 0.29) is 17.8 Å². The molecule has 0 saturated carbocycles. The Morgan fingerprint density at radius 1 is 1.08 bits per heavy atom. The first kappa shape index (κ1) is 24.9. The fourth-order valence-corrected chi connectivity index (χ4v) is 4.61. The average Bonchev–Trinajstić information content (AvgIpc) is 3.68. The molecule has 5 aromatic rings. The molecule has 2 N–H and O–H groups in total. The smallest absolute Gasteiger partial charge is 0.339 e. The van der Waals surface area contributed by atoms with Gasteiger partial charge in [0.05, 0.1) is 12.2 Å². The van der Waals surface area contributed by atoms with Gasteiger partial charge < -0.3 is 9.67 Å². The zero-order valence-electron chi connectivity index (χ0n) is 21.2. The number of hydrogen-bond acceptors (Lipinski definition) is 6. The monoisotopic (exact) mass is 512 g/mol. The highest BCUT2D eigenvalue weighted by atomic mass is 16.4. The minimum absolute atomic E-state index is 0.0937. The number of benzene rings is 1. The number of hydrogen-bond donors (Lipinski definition) is 2. The first-order valence-corrected chi connectivity index (χ1v) is 12.5. The van der Waals surface area contributed by atoms with Crippen molar-refractivity contribution in [3.8, 4) is 28.3 Å². The van der Waals surface area contributed by atoms with Crippen molar-refractivity contribution in [2.45, 2.75) is 46.2 Å². The fraction of sp³-hybridized carbons (Fsp3) is 0.259. The first-order chi connectivity index (χ1) is 18.5. The maximum atomic E-state index is 13.6. The van der Waals surface area contributed by atoms with Crippen molar-refractivity contribution in [1.29, 1.82) is 0 Å². The Kier molecular flexibility index (Phi) is 6.98. The molecule has 0 aliphatic rings. The van der Waals surface area contributed by atoms with E-state index < -0.39 is 5.97 Å². The summed E-state index contributed by atoms with van der Waals surface area (Å²) in [5, 5.41) is 23.9. The van der Waals surface area contributed by atoms with Gasteiger partial charge in [-0.2, -0.15) is 0 Å². The molecule has 0 amide bonds. The van der Waals surface area contributed by atoms with Crippen LogP contribution in [0.4, 0.5) is 0 Å². The number of carboxylic acids is 1. The number of aromatic nitrogens is 8. The second-order valence-corrected chi connectivity index (χ2v) is 8.94. The minimum Gasteiger partial charge on any atom is -0.478 e. The molecule has 4 aromatic heterocycles. The van der Waals surface area contributed by atoms with Gasteiger partial charge in [-0.3, -0.25) is 14.1 Å². The Balaban J connectivity index is 1.51. The number of aryl methyl sites for hydroxylation is 2.